The van der Waals surface area contributed by atoms with Gasteiger partial charge in [-0.1, -0.05) is 12.1 Å². The summed E-state index contributed by atoms with van der Waals surface area (Å²) < 4.78 is 0. The number of benzene rings is 1. The molecule has 4 amide bonds. The van der Waals surface area contributed by atoms with Crippen LogP contribution in [0.2, 0.25) is 0 Å². The first-order valence-corrected chi connectivity index (χ1v) is 8.48. The number of carboxylic acids is 1. The fraction of sp³-hybridized carbons (Fsp3) is 0.353. The van der Waals surface area contributed by atoms with Gasteiger partial charge in [0, 0.05) is 6.42 Å². The van der Waals surface area contributed by atoms with E-state index < -0.39 is 54.6 Å². The molecule has 0 saturated carbocycles. The highest BCUT2D eigenvalue weighted by molar-refractivity contribution is 5.95. The fourth-order valence-electron chi connectivity index (χ4n) is 2.30. The van der Waals surface area contributed by atoms with Crippen LogP contribution in [0.4, 0.5) is 0 Å². The van der Waals surface area contributed by atoms with Crippen LogP contribution in [0.25, 0.3) is 0 Å². The van der Waals surface area contributed by atoms with Crippen molar-refractivity contribution in [3.05, 3.63) is 29.8 Å². The Kier molecular flexibility index (Phi) is 9.05. The topological polar surface area (TPSA) is 214 Å². The van der Waals surface area contributed by atoms with Gasteiger partial charge in [0.15, 0.2) is 0 Å². The Bertz CT molecular complexity index is 766. The first kappa shape index (κ1) is 23.4. The maximum Gasteiger partial charge on any atom is 0.322 e. The van der Waals surface area contributed by atoms with E-state index in [0.29, 0.717) is 5.56 Å². The highest BCUT2D eigenvalue weighted by Gasteiger charge is 2.28. The molecular formula is C17H23N5O7. The third kappa shape index (κ3) is 8.71. The standard InChI is InChI=1S/C17H23N5O7/c18-7-14(25)21-11(5-9-1-3-10(23)4-2-9)17(29)22-12(6-13(19)24)16(28)20-8-15(26)27/h1-4,11-12,23H,5-8,18H2,(H2,19,24)(H,20,28)(H,21,25)(H,22,29)(H,26,27). The van der Waals surface area contributed by atoms with Gasteiger partial charge < -0.3 is 37.6 Å². The molecule has 12 heteroatoms. The predicted octanol–water partition coefficient (Wildman–Crippen LogP) is -3.06. The minimum absolute atomic E-state index is 0.00209. The van der Waals surface area contributed by atoms with E-state index in [1.54, 1.807) is 0 Å². The number of nitrogens with one attached hydrogen (secondary N) is 3. The lowest BCUT2D eigenvalue weighted by Gasteiger charge is -2.22. The second-order valence-electron chi connectivity index (χ2n) is 6.04. The van der Waals surface area contributed by atoms with E-state index in [1.807, 2.05) is 5.32 Å². The number of amides is 4. The Morgan fingerprint density at radius 1 is 0.966 bits per heavy atom. The molecule has 0 aromatic heterocycles. The number of nitrogens with two attached hydrogens (primary N) is 2. The Hall–Kier alpha value is -3.67. The molecule has 9 N–H and O–H groups in total. The Labute approximate surface area is 165 Å². The van der Waals surface area contributed by atoms with E-state index in [2.05, 4.69) is 10.6 Å². The van der Waals surface area contributed by atoms with E-state index >= 15 is 0 Å². The first-order valence-electron chi connectivity index (χ1n) is 8.48. The van der Waals surface area contributed by atoms with E-state index in [4.69, 9.17) is 16.6 Å². The normalized spacial score (nSPS) is 12.3. The van der Waals surface area contributed by atoms with Gasteiger partial charge in [0.1, 0.15) is 24.4 Å². The summed E-state index contributed by atoms with van der Waals surface area (Å²) in [5, 5.41) is 24.7. The van der Waals surface area contributed by atoms with Crippen molar-refractivity contribution in [3.63, 3.8) is 0 Å². The average molecular weight is 409 g/mol. The third-order valence-electron chi connectivity index (χ3n) is 3.67. The number of hydrogen-bond donors (Lipinski definition) is 7. The van der Waals surface area contributed by atoms with Gasteiger partial charge in [0.25, 0.3) is 0 Å². The molecule has 0 aliphatic heterocycles. The molecule has 0 fully saturated rings. The highest BCUT2D eigenvalue weighted by Crippen LogP contribution is 2.11. The molecular weight excluding hydrogens is 386 g/mol. The van der Waals surface area contributed by atoms with Gasteiger partial charge >= 0.3 is 5.97 Å². The molecule has 1 aromatic rings. The van der Waals surface area contributed by atoms with Crippen LogP contribution in [0.1, 0.15) is 12.0 Å². The number of primary amides is 1. The number of carbonyl (C=O) groups is 5. The van der Waals surface area contributed by atoms with Gasteiger partial charge in [-0.25, -0.2) is 0 Å². The van der Waals surface area contributed by atoms with E-state index in [9.17, 15) is 29.1 Å². The molecule has 0 saturated heterocycles. The second-order valence-corrected chi connectivity index (χ2v) is 6.04. The lowest BCUT2D eigenvalue weighted by molar-refractivity contribution is -0.138. The van der Waals surface area contributed by atoms with E-state index in [-0.39, 0.29) is 18.7 Å². The number of aromatic hydroxyl groups is 1. The van der Waals surface area contributed by atoms with Gasteiger partial charge in [0.05, 0.1) is 13.0 Å². The SMILES string of the molecule is NCC(=O)NC(Cc1ccc(O)cc1)C(=O)NC(CC(N)=O)C(=O)NCC(=O)O. The van der Waals surface area contributed by atoms with Crippen LogP contribution < -0.4 is 27.4 Å². The van der Waals surface area contributed by atoms with Crippen molar-refractivity contribution in [1.29, 1.82) is 0 Å². The van der Waals surface area contributed by atoms with Crippen molar-refractivity contribution >= 4 is 29.6 Å². The fourth-order valence-corrected chi connectivity index (χ4v) is 2.30. The highest BCUT2D eigenvalue weighted by atomic mass is 16.4. The number of rotatable bonds is 11. The smallest absolute Gasteiger partial charge is 0.322 e. The van der Waals surface area contributed by atoms with Crippen molar-refractivity contribution in [2.24, 2.45) is 11.5 Å². The van der Waals surface area contributed by atoms with Crippen LogP contribution in [0.5, 0.6) is 5.75 Å². The number of hydrogen-bond acceptors (Lipinski definition) is 7. The predicted molar refractivity (Wildman–Crippen MR) is 99.2 cm³/mol. The zero-order valence-corrected chi connectivity index (χ0v) is 15.4. The van der Waals surface area contributed by atoms with Gasteiger partial charge in [-0.15, -0.1) is 0 Å². The summed E-state index contributed by atoms with van der Waals surface area (Å²) in [6.45, 7) is -1.10. The second kappa shape index (κ2) is 11.2. The number of phenolic OH excluding ortho intramolecular Hbond substituents is 1. The molecule has 1 rings (SSSR count). The number of phenols is 1. The molecule has 0 aliphatic carbocycles. The molecule has 12 nitrogen and oxygen atoms in total. The number of carbonyl (C=O) groups excluding carboxylic acids is 4. The minimum atomic E-state index is -1.43. The maximum atomic E-state index is 12.6. The van der Waals surface area contributed by atoms with Crippen molar-refractivity contribution in [1.82, 2.24) is 16.0 Å². The maximum absolute atomic E-state index is 12.6. The van der Waals surface area contributed by atoms with Gasteiger partial charge in [-0.3, -0.25) is 24.0 Å². The molecule has 1 aromatic carbocycles. The summed E-state index contributed by atoms with van der Waals surface area (Å²) in [6, 6.07) is 3.26. The molecule has 0 radical (unpaired) electrons. The van der Waals surface area contributed by atoms with Gasteiger partial charge in [-0.2, -0.15) is 0 Å². The summed E-state index contributed by atoms with van der Waals surface area (Å²) >= 11 is 0. The lowest BCUT2D eigenvalue weighted by Crippen LogP contribution is -2.56. The monoisotopic (exact) mass is 409 g/mol. The van der Waals surface area contributed by atoms with Gasteiger partial charge in [-0.05, 0) is 17.7 Å². The Morgan fingerprint density at radius 2 is 1.59 bits per heavy atom. The largest absolute Gasteiger partial charge is 0.508 e. The molecule has 2 unspecified atom stereocenters. The van der Waals surface area contributed by atoms with Crippen LogP contribution in [0.3, 0.4) is 0 Å². The summed E-state index contributed by atoms with van der Waals surface area (Å²) in [7, 11) is 0. The Morgan fingerprint density at radius 3 is 2.10 bits per heavy atom. The van der Waals surface area contributed by atoms with Crippen LogP contribution in [-0.4, -0.2) is 65.0 Å². The first-order chi connectivity index (χ1) is 13.6. The van der Waals surface area contributed by atoms with Crippen LogP contribution in [0.15, 0.2) is 24.3 Å². The summed E-state index contributed by atoms with van der Waals surface area (Å²) in [6.07, 6.45) is -0.578. The van der Waals surface area contributed by atoms with Crippen LogP contribution in [-0.2, 0) is 30.4 Å². The molecule has 158 valence electrons. The molecule has 0 spiro atoms. The van der Waals surface area contributed by atoms with Crippen molar-refractivity contribution in [2.45, 2.75) is 24.9 Å². The quantitative estimate of drug-likeness (QED) is 0.199. The zero-order valence-electron chi connectivity index (χ0n) is 15.4. The molecule has 2 atom stereocenters. The molecule has 0 bridgehead atoms. The van der Waals surface area contributed by atoms with E-state index in [0.717, 1.165) is 0 Å². The van der Waals surface area contributed by atoms with Crippen LogP contribution >= 0.6 is 0 Å². The van der Waals surface area contributed by atoms with E-state index in [1.165, 1.54) is 24.3 Å². The molecule has 0 heterocycles. The third-order valence-corrected chi connectivity index (χ3v) is 3.67. The van der Waals surface area contributed by atoms with Crippen molar-refractivity contribution in [2.75, 3.05) is 13.1 Å². The number of aliphatic carboxylic acids is 1. The van der Waals surface area contributed by atoms with Gasteiger partial charge in [0.2, 0.25) is 23.6 Å². The summed E-state index contributed by atoms with van der Waals surface area (Å²) in [5.74, 6) is -4.57. The summed E-state index contributed by atoms with van der Waals surface area (Å²) in [5.41, 5.74) is 10.9. The zero-order chi connectivity index (χ0) is 22.0. The number of carboxylic acid groups (broad SMARTS) is 1. The molecule has 0 aliphatic rings. The van der Waals surface area contributed by atoms with Crippen molar-refractivity contribution in [3.8, 4) is 5.75 Å². The molecule has 29 heavy (non-hydrogen) atoms. The van der Waals surface area contributed by atoms with Crippen molar-refractivity contribution < 1.29 is 34.2 Å². The average Bonchev–Trinajstić information content (AvgIpc) is 2.66. The minimum Gasteiger partial charge on any atom is -0.508 e. The summed E-state index contributed by atoms with van der Waals surface area (Å²) in [4.78, 5) is 58.2. The lowest BCUT2D eigenvalue weighted by atomic mass is 10.0. The Balaban J connectivity index is 2.95. The van der Waals surface area contributed by atoms with Crippen LogP contribution in [0, 0.1) is 0 Å².